The Hall–Kier alpha value is 0.394. The molecule has 0 aromatic carbocycles. The quantitative estimate of drug-likeness (QED) is 0.549. The van der Waals surface area contributed by atoms with Crippen molar-refractivity contribution in [3.8, 4) is 0 Å². The third-order valence-corrected chi connectivity index (χ3v) is 2.38. The Bertz CT molecular complexity index is 57.9. The summed E-state index contributed by atoms with van der Waals surface area (Å²) in [6.07, 6.45) is 1.02. The minimum atomic E-state index is -0.893. The van der Waals surface area contributed by atoms with Gasteiger partial charge in [0.25, 0.3) is 0 Å². The third-order valence-electron chi connectivity index (χ3n) is 0.650. The molecule has 0 rings (SSSR count). The molecule has 0 N–H and O–H groups in total. The predicted octanol–water partition coefficient (Wildman–Crippen LogP) is 1.55. The Morgan fingerprint density at radius 2 is 1.88 bits per heavy atom. The summed E-state index contributed by atoms with van der Waals surface area (Å²) in [6.45, 7) is 9.01. The molecule has 0 heterocycles. The van der Waals surface area contributed by atoms with Crippen LogP contribution in [0.2, 0.25) is 26.2 Å². The van der Waals surface area contributed by atoms with Crippen molar-refractivity contribution in [1.82, 2.24) is 0 Å². The smallest absolute Gasteiger partial charge is 0.225 e. The van der Waals surface area contributed by atoms with Gasteiger partial charge < -0.3 is 4.43 Å². The van der Waals surface area contributed by atoms with Crippen LogP contribution in [0.1, 0.15) is 0 Å². The van der Waals surface area contributed by atoms with Crippen LogP contribution in [-0.4, -0.2) is 24.1 Å². The lowest BCUT2D eigenvalue weighted by Crippen LogP contribution is -2.28. The van der Waals surface area contributed by atoms with E-state index in [2.05, 4.69) is 26.2 Å². The summed E-state index contributed by atoms with van der Waals surface area (Å²) >= 11 is 0. The van der Waals surface area contributed by atoms with Gasteiger partial charge in [0.2, 0.25) is 9.76 Å². The fourth-order valence-corrected chi connectivity index (χ4v) is 2.60. The van der Waals surface area contributed by atoms with Gasteiger partial charge in [0.05, 0.1) is 8.07 Å². The van der Waals surface area contributed by atoms with Gasteiger partial charge in [-0.25, -0.2) is 0 Å². The van der Waals surface area contributed by atoms with Crippen LogP contribution in [0, 0.1) is 0 Å². The van der Waals surface area contributed by atoms with Gasteiger partial charge in [0.1, 0.15) is 0 Å². The zero-order valence-electron chi connectivity index (χ0n) is 6.12. The fraction of sp³-hybridized carbons (Fsp3) is 1.00. The van der Waals surface area contributed by atoms with E-state index in [9.17, 15) is 0 Å². The molecule has 0 fully saturated rings. The minimum absolute atomic E-state index is 0.666. The summed E-state index contributed by atoms with van der Waals surface area (Å²) in [6, 6.07) is 0. The van der Waals surface area contributed by atoms with Crippen molar-refractivity contribution >= 4 is 17.8 Å². The maximum absolute atomic E-state index is 5.29. The molecule has 3 heteroatoms. The molecule has 0 unspecified atom stereocenters. The van der Waals surface area contributed by atoms with Crippen molar-refractivity contribution in [2.75, 3.05) is 6.23 Å². The van der Waals surface area contributed by atoms with Crippen LogP contribution in [0.4, 0.5) is 0 Å². The van der Waals surface area contributed by atoms with Crippen molar-refractivity contribution in [3.05, 3.63) is 0 Å². The SMILES string of the molecule is C[Si]OC[Si](C)(C)C. The lowest BCUT2D eigenvalue weighted by atomic mass is 11.7. The summed E-state index contributed by atoms with van der Waals surface area (Å²) in [7, 11) is -0.227. The van der Waals surface area contributed by atoms with Crippen LogP contribution >= 0.6 is 0 Å². The Balaban J connectivity index is 3.11. The largest absolute Gasteiger partial charge is 0.421 e. The summed E-state index contributed by atoms with van der Waals surface area (Å²) in [5.74, 6) is 0. The van der Waals surface area contributed by atoms with E-state index in [-0.39, 0.29) is 0 Å². The zero-order chi connectivity index (χ0) is 6.62. The van der Waals surface area contributed by atoms with Crippen molar-refractivity contribution in [2.24, 2.45) is 0 Å². The maximum atomic E-state index is 5.29. The Morgan fingerprint density at radius 1 is 1.38 bits per heavy atom. The van der Waals surface area contributed by atoms with Crippen LogP contribution in [-0.2, 0) is 4.43 Å². The third kappa shape index (κ3) is 6.39. The first-order chi connectivity index (χ1) is 3.56. The highest BCUT2D eigenvalue weighted by molar-refractivity contribution is 6.76. The molecule has 0 aliphatic carbocycles. The summed E-state index contributed by atoms with van der Waals surface area (Å²) in [5.41, 5.74) is 0. The van der Waals surface area contributed by atoms with Crippen LogP contribution in [0.5, 0.6) is 0 Å². The highest BCUT2D eigenvalue weighted by atomic mass is 28.3. The van der Waals surface area contributed by atoms with E-state index in [0.717, 1.165) is 6.23 Å². The number of rotatable bonds is 3. The van der Waals surface area contributed by atoms with E-state index >= 15 is 0 Å². The average molecular weight is 146 g/mol. The molecule has 0 spiro atoms. The molecule has 0 saturated heterocycles. The zero-order valence-corrected chi connectivity index (χ0v) is 8.12. The highest BCUT2D eigenvalue weighted by Crippen LogP contribution is 1.98. The molecule has 0 amide bonds. The average Bonchev–Trinajstić information content (AvgIpc) is 1.59. The monoisotopic (exact) mass is 146 g/mol. The van der Waals surface area contributed by atoms with Crippen molar-refractivity contribution in [2.45, 2.75) is 26.2 Å². The molecular formula is C5H14OSi2. The molecule has 8 heavy (non-hydrogen) atoms. The molecule has 0 saturated carbocycles. The highest BCUT2D eigenvalue weighted by Gasteiger charge is 2.11. The van der Waals surface area contributed by atoms with Crippen molar-refractivity contribution in [1.29, 1.82) is 0 Å². The molecule has 48 valence electrons. The van der Waals surface area contributed by atoms with Gasteiger partial charge in [0.15, 0.2) is 0 Å². The number of hydrogen-bond donors (Lipinski definition) is 0. The predicted molar refractivity (Wildman–Crippen MR) is 40.9 cm³/mol. The van der Waals surface area contributed by atoms with Gasteiger partial charge >= 0.3 is 0 Å². The lowest BCUT2D eigenvalue weighted by Gasteiger charge is -2.14. The summed E-state index contributed by atoms with van der Waals surface area (Å²) in [4.78, 5) is 0. The Kier molecular flexibility index (Phi) is 3.59. The second kappa shape index (κ2) is 3.43. The minimum Gasteiger partial charge on any atom is -0.421 e. The Labute approximate surface area is 55.4 Å². The lowest BCUT2D eigenvalue weighted by molar-refractivity contribution is 0.406. The van der Waals surface area contributed by atoms with Crippen LogP contribution in [0.3, 0.4) is 0 Å². The molecule has 0 bridgehead atoms. The molecule has 0 aromatic rings. The summed E-state index contributed by atoms with van der Waals surface area (Å²) in [5, 5.41) is 0. The van der Waals surface area contributed by atoms with Crippen LogP contribution in [0.25, 0.3) is 0 Å². The molecule has 1 nitrogen and oxygen atoms in total. The second-order valence-corrected chi connectivity index (χ2v) is 9.16. The standard InChI is InChI=1S/C5H14OSi2/c1-7-6-5-8(2,3)4/h5H2,1-4H3. The fourth-order valence-electron chi connectivity index (χ4n) is 0.289. The van der Waals surface area contributed by atoms with Crippen LogP contribution < -0.4 is 0 Å². The topological polar surface area (TPSA) is 9.23 Å². The molecule has 0 atom stereocenters. The Morgan fingerprint density at radius 3 is 2.00 bits per heavy atom. The molecule has 0 aromatic heterocycles. The first kappa shape index (κ1) is 8.39. The first-order valence-corrected chi connectivity index (χ1v) is 7.96. The first-order valence-electron chi connectivity index (χ1n) is 2.85. The van der Waals surface area contributed by atoms with Gasteiger partial charge in [-0.2, -0.15) is 0 Å². The van der Waals surface area contributed by atoms with Crippen molar-refractivity contribution in [3.63, 3.8) is 0 Å². The summed E-state index contributed by atoms with van der Waals surface area (Å²) < 4.78 is 5.29. The van der Waals surface area contributed by atoms with Gasteiger partial charge in [0, 0.05) is 6.23 Å². The van der Waals surface area contributed by atoms with Gasteiger partial charge in [-0.15, -0.1) is 0 Å². The van der Waals surface area contributed by atoms with E-state index in [1.54, 1.807) is 0 Å². The number of hydrogen-bond acceptors (Lipinski definition) is 1. The van der Waals surface area contributed by atoms with E-state index in [1.807, 2.05) is 0 Å². The molecule has 2 radical (unpaired) electrons. The van der Waals surface area contributed by atoms with Gasteiger partial charge in [-0.05, 0) is 6.55 Å². The van der Waals surface area contributed by atoms with E-state index in [0.29, 0.717) is 9.76 Å². The maximum Gasteiger partial charge on any atom is 0.225 e. The van der Waals surface area contributed by atoms with Crippen LogP contribution in [0.15, 0.2) is 0 Å². The molecular weight excluding hydrogens is 132 g/mol. The van der Waals surface area contributed by atoms with E-state index < -0.39 is 8.07 Å². The molecule has 0 aliphatic rings. The normalized spacial score (nSPS) is 12.0. The van der Waals surface area contributed by atoms with Crippen molar-refractivity contribution < 1.29 is 4.43 Å². The van der Waals surface area contributed by atoms with E-state index in [1.165, 1.54) is 0 Å². The van der Waals surface area contributed by atoms with Gasteiger partial charge in [-0.3, -0.25) is 0 Å². The van der Waals surface area contributed by atoms with E-state index in [4.69, 9.17) is 4.43 Å². The van der Waals surface area contributed by atoms with Gasteiger partial charge in [-0.1, -0.05) is 19.6 Å². The molecule has 0 aliphatic heterocycles. The second-order valence-electron chi connectivity index (χ2n) is 3.05.